The van der Waals surface area contributed by atoms with Crippen molar-refractivity contribution >= 4 is 10.9 Å². The average Bonchev–Trinajstić information content (AvgIpc) is 2.35. The first kappa shape index (κ1) is 10.9. The van der Waals surface area contributed by atoms with Crippen molar-refractivity contribution in [3.05, 3.63) is 35.9 Å². The van der Waals surface area contributed by atoms with E-state index in [2.05, 4.69) is 37.0 Å². The van der Waals surface area contributed by atoms with Gasteiger partial charge in [0.2, 0.25) is 5.88 Å². The number of fused-ring (bicyclic) bond motifs is 1. The summed E-state index contributed by atoms with van der Waals surface area (Å²) >= 11 is 0. The highest BCUT2D eigenvalue weighted by Crippen LogP contribution is 2.22. The van der Waals surface area contributed by atoms with Crippen molar-refractivity contribution in [3.8, 4) is 5.88 Å². The molecule has 0 unspecified atom stereocenters. The van der Waals surface area contributed by atoms with Gasteiger partial charge in [0.15, 0.2) is 0 Å². The molecular weight excluding hydrogens is 198 g/mol. The van der Waals surface area contributed by atoms with E-state index in [1.165, 1.54) is 10.9 Å². The summed E-state index contributed by atoms with van der Waals surface area (Å²) in [5.74, 6) is 0.748. The first-order valence-electron chi connectivity index (χ1n) is 5.86. The molecule has 0 radical (unpaired) electrons. The Bertz CT molecular complexity index is 479. The fourth-order valence-corrected chi connectivity index (χ4v) is 1.79. The molecule has 1 aromatic carbocycles. The number of pyridine rings is 1. The van der Waals surface area contributed by atoms with Gasteiger partial charge >= 0.3 is 0 Å². The molecule has 0 aliphatic carbocycles. The molecule has 0 aliphatic heterocycles. The minimum absolute atomic E-state index is 0.731. The summed E-state index contributed by atoms with van der Waals surface area (Å²) in [6, 6.07) is 10.3. The Morgan fingerprint density at radius 3 is 2.75 bits per heavy atom. The van der Waals surface area contributed by atoms with E-state index >= 15 is 0 Å². The standard InChI is InChI=1S/C14H17NO/c1-3-9-16-14-10-11(4-2)12-7-5-6-8-13(12)15-14/h5-8,10H,3-4,9H2,1-2H3. The van der Waals surface area contributed by atoms with E-state index in [-0.39, 0.29) is 0 Å². The molecule has 2 rings (SSSR count). The van der Waals surface area contributed by atoms with Crippen molar-refractivity contribution in [1.82, 2.24) is 4.98 Å². The van der Waals surface area contributed by atoms with Crippen LogP contribution in [0, 0.1) is 0 Å². The van der Waals surface area contributed by atoms with Crippen LogP contribution < -0.4 is 4.74 Å². The van der Waals surface area contributed by atoms with E-state index in [1.54, 1.807) is 0 Å². The van der Waals surface area contributed by atoms with Crippen molar-refractivity contribution in [3.63, 3.8) is 0 Å². The predicted octanol–water partition coefficient (Wildman–Crippen LogP) is 3.59. The first-order valence-corrected chi connectivity index (χ1v) is 5.86. The Labute approximate surface area is 96.3 Å². The second kappa shape index (κ2) is 4.97. The third kappa shape index (κ3) is 2.16. The fraction of sp³-hybridized carbons (Fsp3) is 0.357. The number of hydrogen-bond donors (Lipinski definition) is 0. The molecule has 2 heteroatoms. The number of nitrogens with zero attached hydrogens (tertiary/aromatic N) is 1. The predicted molar refractivity (Wildman–Crippen MR) is 66.9 cm³/mol. The zero-order chi connectivity index (χ0) is 11.4. The third-order valence-electron chi connectivity index (χ3n) is 2.61. The maximum absolute atomic E-state index is 5.59. The van der Waals surface area contributed by atoms with Gasteiger partial charge < -0.3 is 4.74 Å². The zero-order valence-electron chi connectivity index (χ0n) is 9.86. The smallest absolute Gasteiger partial charge is 0.214 e. The zero-order valence-corrected chi connectivity index (χ0v) is 9.86. The molecule has 2 nitrogen and oxygen atoms in total. The summed E-state index contributed by atoms with van der Waals surface area (Å²) < 4.78 is 5.59. The first-order chi connectivity index (χ1) is 7.85. The monoisotopic (exact) mass is 215 g/mol. The molecule has 0 bridgehead atoms. The van der Waals surface area contributed by atoms with Gasteiger partial charge in [-0.1, -0.05) is 32.0 Å². The van der Waals surface area contributed by atoms with Gasteiger partial charge in [0, 0.05) is 11.5 Å². The highest BCUT2D eigenvalue weighted by atomic mass is 16.5. The third-order valence-corrected chi connectivity index (χ3v) is 2.61. The summed E-state index contributed by atoms with van der Waals surface area (Å²) in [7, 11) is 0. The molecule has 0 saturated carbocycles. The van der Waals surface area contributed by atoms with Crippen LogP contribution in [0.25, 0.3) is 10.9 Å². The largest absolute Gasteiger partial charge is 0.478 e. The molecule has 0 amide bonds. The van der Waals surface area contributed by atoms with E-state index in [9.17, 15) is 0 Å². The van der Waals surface area contributed by atoms with E-state index < -0.39 is 0 Å². The number of benzene rings is 1. The Hall–Kier alpha value is -1.57. The van der Waals surface area contributed by atoms with Crippen LogP contribution in [0.15, 0.2) is 30.3 Å². The summed E-state index contributed by atoms with van der Waals surface area (Å²) in [5.41, 5.74) is 2.32. The van der Waals surface area contributed by atoms with Crippen LogP contribution in [0.2, 0.25) is 0 Å². The van der Waals surface area contributed by atoms with Gasteiger partial charge in [-0.25, -0.2) is 4.98 Å². The van der Waals surface area contributed by atoms with Gasteiger partial charge in [0.25, 0.3) is 0 Å². The molecule has 0 fully saturated rings. The number of para-hydroxylation sites is 1. The fourth-order valence-electron chi connectivity index (χ4n) is 1.79. The van der Waals surface area contributed by atoms with Gasteiger partial charge in [-0.2, -0.15) is 0 Å². The second-order valence-corrected chi connectivity index (χ2v) is 3.84. The second-order valence-electron chi connectivity index (χ2n) is 3.84. The molecule has 2 aromatic rings. The van der Waals surface area contributed by atoms with Crippen LogP contribution in [0.1, 0.15) is 25.8 Å². The number of aryl methyl sites for hydroxylation is 1. The molecule has 0 aliphatic rings. The lowest BCUT2D eigenvalue weighted by Gasteiger charge is -2.08. The Morgan fingerprint density at radius 2 is 2.00 bits per heavy atom. The van der Waals surface area contributed by atoms with Gasteiger partial charge in [-0.05, 0) is 24.5 Å². The Balaban J connectivity index is 2.46. The minimum atomic E-state index is 0.731. The molecule has 16 heavy (non-hydrogen) atoms. The molecule has 0 spiro atoms. The van der Waals surface area contributed by atoms with E-state index in [1.807, 2.05) is 12.1 Å². The highest BCUT2D eigenvalue weighted by molar-refractivity contribution is 5.82. The maximum Gasteiger partial charge on any atom is 0.214 e. The van der Waals surface area contributed by atoms with Crippen LogP contribution in [0.3, 0.4) is 0 Å². The highest BCUT2D eigenvalue weighted by Gasteiger charge is 2.04. The summed E-state index contributed by atoms with van der Waals surface area (Å²) in [4.78, 5) is 4.50. The van der Waals surface area contributed by atoms with Gasteiger partial charge in [0.1, 0.15) is 0 Å². The number of ether oxygens (including phenoxy) is 1. The van der Waals surface area contributed by atoms with Crippen LogP contribution in [-0.2, 0) is 6.42 Å². The topological polar surface area (TPSA) is 22.1 Å². The van der Waals surface area contributed by atoms with Gasteiger partial charge in [0.05, 0.1) is 12.1 Å². The van der Waals surface area contributed by atoms with Crippen LogP contribution in [-0.4, -0.2) is 11.6 Å². The van der Waals surface area contributed by atoms with E-state index in [0.29, 0.717) is 0 Å². The van der Waals surface area contributed by atoms with Gasteiger partial charge in [-0.3, -0.25) is 0 Å². The Kier molecular flexibility index (Phi) is 3.40. The van der Waals surface area contributed by atoms with Crippen molar-refractivity contribution in [1.29, 1.82) is 0 Å². The summed E-state index contributed by atoms with van der Waals surface area (Å²) in [6.45, 7) is 4.99. The van der Waals surface area contributed by atoms with Crippen LogP contribution in [0.5, 0.6) is 5.88 Å². The molecule has 84 valence electrons. The Morgan fingerprint density at radius 1 is 1.19 bits per heavy atom. The van der Waals surface area contributed by atoms with Crippen molar-refractivity contribution in [2.45, 2.75) is 26.7 Å². The lowest BCUT2D eigenvalue weighted by molar-refractivity contribution is 0.306. The number of rotatable bonds is 4. The van der Waals surface area contributed by atoms with Crippen molar-refractivity contribution in [2.24, 2.45) is 0 Å². The van der Waals surface area contributed by atoms with Crippen molar-refractivity contribution in [2.75, 3.05) is 6.61 Å². The number of hydrogen-bond acceptors (Lipinski definition) is 2. The van der Waals surface area contributed by atoms with Gasteiger partial charge in [-0.15, -0.1) is 0 Å². The molecule has 1 heterocycles. The lowest BCUT2D eigenvalue weighted by Crippen LogP contribution is -1.99. The normalized spacial score (nSPS) is 10.6. The van der Waals surface area contributed by atoms with Crippen LogP contribution >= 0.6 is 0 Å². The molecule has 0 N–H and O–H groups in total. The summed E-state index contributed by atoms with van der Waals surface area (Å²) in [5, 5.41) is 1.23. The maximum atomic E-state index is 5.59. The molecular formula is C14H17NO. The number of aromatic nitrogens is 1. The lowest BCUT2D eigenvalue weighted by atomic mass is 10.1. The summed E-state index contributed by atoms with van der Waals surface area (Å²) in [6.07, 6.45) is 2.02. The van der Waals surface area contributed by atoms with Crippen LogP contribution in [0.4, 0.5) is 0 Å². The SMILES string of the molecule is CCCOc1cc(CC)c2ccccc2n1. The van der Waals surface area contributed by atoms with E-state index in [4.69, 9.17) is 4.74 Å². The molecule has 0 atom stereocenters. The molecule has 0 saturated heterocycles. The van der Waals surface area contributed by atoms with E-state index in [0.717, 1.165) is 30.8 Å². The quantitative estimate of drug-likeness (QED) is 0.777. The van der Waals surface area contributed by atoms with Crippen molar-refractivity contribution < 1.29 is 4.74 Å². The average molecular weight is 215 g/mol. The molecule has 1 aromatic heterocycles. The minimum Gasteiger partial charge on any atom is -0.478 e.